The van der Waals surface area contributed by atoms with Crippen LogP contribution in [0, 0.1) is 11.3 Å². The highest BCUT2D eigenvalue weighted by atomic mass is 16.5. The second-order valence-corrected chi connectivity index (χ2v) is 5.72. The number of carbonyl (C=O) groups excluding carboxylic acids is 2. The maximum absolute atomic E-state index is 12.4. The molecule has 1 fully saturated rings. The SMILES string of the molecule is COc1ccc(NC(=O)/C(C#N)=C\N2CCN(C(C)=O)CC2)cc1OC. The van der Waals surface area contributed by atoms with Crippen molar-refractivity contribution < 1.29 is 19.1 Å². The van der Waals surface area contributed by atoms with Crippen molar-refractivity contribution in [3.05, 3.63) is 30.0 Å². The molecule has 0 spiro atoms. The molecule has 0 radical (unpaired) electrons. The molecule has 1 heterocycles. The number of hydrogen-bond acceptors (Lipinski definition) is 6. The van der Waals surface area contributed by atoms with Crippen LogP contribution >= 0.6 is 0 Å². The molecule has 2 rings (SSSR count). The van der Waals surface area contributed by atoms with E-state index in [1.165, 1.54) is 27.3 Å². The summed E-state index contributed by atoms with van der Waals surface area (Å²) in [5.41, 5.74) is 0.492. The van der Waals surface area contributed by atoms with Gasteiger partial charge in [-0.2, -0.15) is 5.26 Å². The number of nitrogens with one attached hydrogen (secondary N) is 1. The number of ether oxygens (including phenoxy) is 2. The topological polar surface area (TPSA) is 94.9 Å². The van der Waals surface area contributed by atoms with Crippen molar-refractivity contribution in [3.8, 4) is 17.6 Å². The van der Waals surface area contributed by atoms with E-state index in [-0.39, 0.29) is 11.5 Å². The fourth-order valence-corrected chi connectivity index (χ4v) is 2.60. The Hall–Kier alpha value is -3.21. The summed E-state index contributed by atoms with van der Waals surface area (Å²) in [5.74, 6) is 0.548. The van der Waals surface area contributed by atoms with Crippen LogP contribution in [0.5, 0.6) is 11.5 Å². The Kier molecular flexibility index (Phi) is 6.44. The van der Waals surface area contributed by atoms with E-state index in [2.05, 4.69) is 5.32 Å². The monoisotopic (exact) mass is 358 g/mol. The normalized spacial score (nSPS) is 14.5. The molecule has 1 aliphatic heterocycles. The van der Waals surface area contributed by atoms with E-state index in [0.29, 0.717) is 43.4 Å². The van der Waals surface area contributed by atoms with Gasteiger partial charge in [-0.25, -0.2) is 0 Å². The molecule has 8 heteroatoms. The predicted octanol–water partition coefficient (Wildman–Crippen LogP) is 1.21. The van der Waals surface area contributed by atoms with Gasteiger partial charge in [-0.15, -0.1) is 0 Å². The van der Waals surface area contributed by atoms with E-state index in [4.69, 9.17) is 9.47 Å². The van der Waals surface area contributed by atoms with Gasteiger partial charge in [0.2, 0.25) is 5.91 Å². The zero-order valence-corrected chi connectivity index (χ0v) is 15.1. The third-order valence-electron chi connectivity index (χ3n) is 4.08. The van der Waals surface area contributed by atoms with E-state index >= 15 is 0 Å². The van der Waals surface area contributed by atoms with Crippen LogP contribution in [0.1, 0.15) is 6.92 Å². The van der Waals surface area contributed by atoms with Crippen LogP contribution in [-0.4, -0.2) is 62.0 Å². The summed E-state index contributed by atoms with van der Waals surface area (Å²) in [6.07, 6.45) is 1.54. The fraction of sp³-hybridized carbons (Fsp3) is 0.389. The van der Waals surface area contributed by atoms with E-state index in [9.17, 15) is 14.9 Å². The summed E-state index contributed by atoms with van der Waals surface area (Å²) in [6.45, 7) is 3.83. The molecule has 0 aromatic heterocycles. The number of carbonyl (C=O) groups is 2. The molecule has 0 aliphatic carbocycles. The lowest BCUT2D eigenvalue weighted by Gasteiger charge is -2.33. The first-order chi connectivity index (χ1) is 12.5. The van der Waals surface area contributed by atoms with Crippen molar-refractivity contribution in [1.29, 1.82) is 5.26 Å². The van der Waals surface area contributed by atoms with Crippen LogP contribution < -0.4 is 14.8 Å². The Morgan fingerprint density at radius 1 is 1.15 bits per heavy atom. The molecule has 26 heavy (non-hydrogen) atoms. The number of nitrogens with zero attached hydrogens (tertiary/aromatic N) is 3. The minimum atomic E-state index is -0.506. The second-order valence-electron chi connectivity index (χ2n) is 5.72. The molecule has 1 aromatic carbocycles. The number of anilines is 1. The Labute approximate surface area is 152 Å². The molecule has 0 atom stereocenters. The van der Waals surface area contributed by atoms with E-state index in [1.807, 2.05) is 11.0 Å². The third-order valence-corrected chi connectivity index (χ3v) is 4.08. The lowest BCUT2D eigenvalue weighted by Crippen LogP contribution is -2.46. The quantitative estimate of drug-likeness (QED) is 0.628. The smallest absolute Gasteiger partial charge is 0.267 e. The van der Waals surface area contributed by atoms with Crippen molar-refractivity contribution >= 4 is 17.5 Å². The average molecular weight is 358 g/mol. The van der Waals surface area contributed by atoms with Gasteiger partial charge in [0.25, 0.3) is 5.91 Å². The zero-order chi connectivity index (χ0) is 19.1. The van der Waals surface area contributed by atoms with E-state index < -0.39 is 5.91 Å². The molecule has 1 saturated heterocycles. The van der Waals surface area contributed by atoms with Gasteiger partial charge in [0.1, 0.15) is 11.6 Å². The molecule has 1 aromatic rings. The summed E-state index contributed by atoms with van der Waals surface area (Å²) in [5, 5.41) is 12.0. The molecule has 8 nitrogen and oxygen atoms in total. The molecule has 1 N–H and O–H groups in total. The Morgan fingerprint density at radius 2 is 1.81 bits per heavy atom. The van der Waals surface area contributed by atoms with Crippen molar-refractivity contribution in [2.75, 3.05) is 45.7 Å². The van der Waals surface area contributed by atoms with Crippen LogP contribution in [0.15, 0.2) is 30.0 Å². The number of nitriles is 1. The maximum atomic E-state index is 12.4. The van der Waals surface area contributed by atoms with Gasteiger partial charge in [-0.05, 0) is 12.1 Å². The second kappa shape index (κ2) is 8.76. The summed E-state index contributed by atoms with van der Waals surface area (Å²) in [6, 6.07) is 6.89. The maximum Gasteiger partial charge on any atom is 0.267 e. The van der Waals surface area contributed by atoms with Crippen molar-refractivity contribution in [3.63, 3.8) is 0 Å². The summed E-state index contributed by atoms with van der Waals surface area (Å²) in [7, 11) is 3.03. The largest absolute Gasteiger partial charge is 0.493 e. The van der Waals surface area contributed by atoms with Gasteiger partial charge in [-0.3, -0.25) is 9.59 Å². The predicted molar refractivity (Wildman–Crippen MR) is 95.7 cm³/mol. The number of hydrogen-bond donors (Lipinski definition) is 1. The summed E-state index contributed by atoms with van der Waals surface area (Å²) >= 11 is 0. The molecule has 0 bridgehead atoms. The molecule has 2 amide bonds. The van der Waals surface area contributed by atoms with Crippen LogP contribution in [0.3, 0.4) is 0 Å². The number of methoxy groups -OCH3 is 2. The van der Waals surface area contributed by atoms with Crippen molar-refractivity contribution in [1.82, 2.24) is 9.80 Å². The van der Waals surface area contributed by atoms with Crippen molar-refractivity contribution in [2.45, 2.75) is 6.92 Å². The van der Waals surface area contributed by atoms with Crippen LogP contribution in [-0.2, 0) is 9.59 Å². The van der Waals surface area contributed by atoms with Gasteiger partial charge in [-0.1, -0.05) is 0 Å². The number of piperazine rings is 1. The molecular formula is C18H22N4O4. The molecular weight excluding hydrogens is 336 g/mol. The number of rotatable bonds is 5. The van der Waals surface area contributed by atoms with Crippen LogP contribution in [0.4, 0.5) is 5.69 Å². The van der Waals surface area contributed by atoms with Gasteiger partial charge in [0.15, 0.2) is 11.5 Å². The van der Waals surface area contributed by atoms with Gasteiger partial charge in [0.05, 0.1) is 14.2 Å². The standard InChI is InChI=1S/C18H22N4O4/c1-13(23)22-8-6-21(7-9-22)12-14(11-19)18(24)20-15-4-5-16(25-2)17(10-15)26-3/h4-5,10,12H,6-9H2,1-3H3,(H,20,24)/b14-12-. The number of benzene rings is 1. The zero-order valence-electron chi connectivity index (χ0n) is 15.1. The lowest BCUT2D eigenvalue weighted by atomic mass is 10.2. The first kappa shape index (κ1) is 19.1. The van der Waals surface area contributed by atoms with Gasteiger partial charge < -0.3 is 24.6 Å². The Balaban J connectivity index is 2.05. The minimum Gasteiger partial charge on any atom is -0.493 e. The molecule has 138 valence electrons. The Bertz CT molecular complexity index is 746. The third kappa shape index (κ3) is 4.66. The Morgan fingerprint density at radius 3 is 2.35 bits per heavy atom. The van der Waals surface area contributed by atoms with E-state index in [1.54, 1.807) is 23.1 Å². The fourth-order valence-electron chi connectivity index (χ4n) is 2.60. The van der Waals surface area contributed by atoms with Crippen LogP contribution in [0.2, 0.25) is 0 Å². The molecule has 1 aliphatic rings. The highest BCUT2D eigenvalue weighted by Gasteiger charge is 2.19. The number of amides is 2. The van der Waals surface area contributed by atoms with Gasteiger partial charge in [0, 0.05) is 51.1 Å². The molecule has 0 unspecified atom stereocenters. The highest BCUT2D eigenvalue weighted by molar-refractivity contribution is 6.06. The summed E-state index contributed by atoms with van der Waals surface area (Å²) in [4.78, 5) is 27.3. The molecule has 0 saturated carbocycles. The summed E-state index contributed by atoms with van der Waals surface area (Å²) < 4.78 is 10.4. The van der Waals surface area contributed by atoms with E-state index in [0.717, 1.165) is 0 Å². The van der Waals surface area contributed by atoms with Crippen molar-refractivity contribution in [2.24, 2.45) is 0 Å². The average Bonchev–Trinajstić information content (AvgIpc) is 2.66. The van der Waals surface area contributed by atoms with Gasteiger partial charge >= 0.3 is 0 Å². The first-order valence-corrected chi connectivity index (χ1v) is 8.13. The lowest BCUT2D eigenvalue weighted by molar-refractivity contribution is -0.130. The first-order valence-electron chi connectivity index (χ1n) is 8.13. The minimum absolute atomic E-state index is 0.00365. The highest BCUT2D eigenvalue weighted by Crippen LogP contribution is 2.29. The van der Waals surface area contributed by atoms with Crippen LogP contribution in [0.25, 0.3) is 0 Å².